The number of aromatic nitrogens is 1. The van der Waals surface area contributed by atoms with Gasteiger partial charge in [-0.05, 0) is 12.6 Å². The number of nitrogens with zero attached hydrogens (tertiary/aromatic N) is 1. The minimum atomic E-state index is -0.197. The molecule has 2 unspecified atom stereocenters. The molecule has 19 heavy (non-hydrogen) atoms. The van der Waals surface area contributed by atoms with Crippen LogP contribution in [0.4, 0.5) is 5.69 Å². The average Bonchev–Trinajstić information content (AvgIpc) is 2.83. The van der Waals surface area contributed by atoms with Crippen molar-refractivity contribution < 1.29 is 9.53 Å². The number of amides is 1. The van der Waals surface area contributed by atoms with Crippen molar-refractivity contribution in [2.75, 3.05) is 25.1 Å². The van der Waals surface area contributed by atoms with Gasteiger partial charge >= 0.3 is 0 Å². The van der Waals surface area contributed by atoms with E-state index in [1.807, 2.05) is 6.92 Å². The summed E-state index contributed by atoms with van der Waals surface area (Å²) in [6.45, 7) is 3.78. The average molecular weight is 265 g/mol. The van der Waals surface area contributed by atoms with E-state index in [4.69, 9.17) is 4.74 Å². The van der Waals surface area contributed by atoms with Crippen molar-refractivity contribution in [3.05, 3.63) is 28.7 Å². The Morgan fingerprint density at radius 3 is 2.95 bits per heavy atom. The van der Waals surface area contributed by atoms with Crippen molar-refractivity contribution in [3.8, 4) is 0 Å². The van der Waals surface area contributed by atoms with E-state index in [0.717, 1.165) is 6.54 Å². The maximum absolute atomic E-state index is 12.2. The summed E-state index contributed by atoms with van der Waals surface area (Å²) < 4.78 is 6.78. The SMILES string of the molecule is CCNC1COCC1C(=O)Nc1ccc(=O)n(C)c1. The molecule has 104 valence electrons. The topological polar surface area (TPSA) is 72.4 Å². The minimum absolute atomic E-state index is 0.0533. The van der Waals surface area contributed by atoms with E-state index in [2.05, 4.69) is 10.6 Å². The molecule has 1 aromatic heterocycles. The standard InChI is InChI=1S/C13H19N3O3/c1-3-14-11-8-19-7-10(11)13(18)15-9-4-5-12(17)16(2)6-9/h4-6,10-11,14H,3,7-8H2,1-2H3,(H,15,18). The third kappa shape index (κ3) is 3.21. The molecule has 1 amide bonds. The minimum Gasteiger partial charge on any atom is -0.379 e. The molecule has 0 radical (unpaired) electrons. The lowest BCUT2D eigenvalue weighted by Crippen LogP contribution is -2.41. The molecule has 2 N–H and O–H groups in total. The second-order valence-corrected chi connectivity index (χ2v) is 4.66. The third-order valence-corrected chi connectivity index (χ3v) is 3.24. The molecular weight excluding hydrogens is 246 g/mol. The van der Waals surface area contributed by atoms with Gasteiger partial charge in [-0.1, -0.05) is 6.92 Å². The lowest BCUT2D eigenvalue weighted by atomic mass is 10.0. The van der Waals surface area contributed by atoms with Crippen LogP contribution in [0, 0.1) is 5.92 Å². The molecule has 1 saturated heterocycles. The molecule has 1 fully saturated rings. The summed E-state index contributed by atoms with van der Waals surface area (Å²) in [5.74, 6) is -0.278. The van der Waals surface area contributed by atoms with E-state index in [1.54, 1.807) is 19.3 Å². The summed E-state index contributed by atoms with van der Waals surface area (Å²) in [6, 6.07) is 3.10. The van der Waals surface area contributed by atoms with Crippen LogP contribution in [-0.2, 0) is 16.6 Å². The van der Waals surface area contributed by atoms with Gasteiger partial charge in [0.05, 0.1) is 24.8 Å². The van der Waals surface area contributed by atoms with Gasteiger partial charge in [-0.15, -0.1) is 0 Å². The van der Waals surface area contributed by atoms with Gasteiger partial charge in [0, 0.05) is 25.4 Å². The van der Waals surface area contributed by atoms with Gasteiger partial charge in [0.25, 0.3) is 0 Å². The molecule has 6 nitrogen and oxygen atoms in total. The van der Waals surface area contributed by atoms with E-state index in [0.29, 0.717) is 18.9 Å². The predicted octanol–water partition coefficient (Wildman–Crippen LogP) is -0.0517. The van der Waals surface area contributed by atoms with Gasteiger partial charge in [0.15, 0.2) is 0 Å². The fourth-order valence-electron chi connectivity index (χ4n) is 2.18. The van der Waals surface area contributed by atoms with Crippen LogP contribution in [0.3, 0.4) is 0 Å². The summed E-state index contributed by atoms with van der Waals surface area (Å²) in [7, 11) is 1.65. The zero-order chi connectivity index (χ0) is 13.8. The first-order valence-corrected chi connectivity index (χ1v) is 6.40. The molecule has 2 rings (SSSR count). The molecule has 1 aliphatic rings. The fourth-order valence-corrected chi connectivity index (χ4v) is 2.18. The van der Waals surface area contributed by atoms with E-state index >= 15 is 0 Å². The van der Waals surface area contributed by atoms with Crippen molar-refractivity contribution in [2.45, 2.75) is 13.0 Å². The Morgan fingerprint density at radius 1 is 1.47 bits per heavy atom. The Hall–Kier alpha value is -1.66. The summed E-state index contributed by atoms with van der Waals surface area (Å²) in [5.41, 5.74) is 0.516. The van der Waals surface area contributed by atoms with Crippen molar-refractivity contribution in [2.24, 2.45) is 13.0 Å². The van der Waals surface area contributed by atoms with Crippen LogP contribution >= 0.6 is 0 Å². The molecule has 0 spiro atoms. The maximum Gasteiger partial charge on any atom is 0.250 e. The molecule has 2 atom stereocenters. The lowest BCUT2D eigenvalue weighted by Gasteiger charge is -2.17. The Labute approximate surface area is 111 Å². The lowest BCUT2D eigenvalue weighted by molar-refractivity contribution is -0.120. The Kier molecular flexibility index (Phi) is 4.34. The highest BCUT2D eigenvalue weighted by atomic mass is 16.5. The first-order valence-electron chi connectivity index (χ1n) is 6.40. The Balaban J connectivity index is 2.03. The number of nitrogens with one attached hydrogen (secondary N) is 2. The van der Waals surface area contributed by atoms with Gasteiger partial charge in [0.2, 0.25) is 11.5 Å². The van der Waals surface area contributed by atoms with Crippen LogP contribution in [0.1, 0.15) is 6.92 Å². The number of likely N-dealkylation sites (N-methyl/N-ethyl adjacent to an activating group) is 1. The molecule has 0 aromatic carbocycles. The largest absolute Gasteiger partial charge is 0.379 e. The van der Waals surface area contributed by atoms with E-state index in [1.165, 1.54) is 10.6 Å². The number of hydrogen-bond acceptors (Lipinski definition) is 4. The third-order valence-electron chi connectivity index (χ3n) is 3.24. The number of hydrogen-bond donors (Lipinski definition) is 2. The van der Waals surface area contributed by atoms with Crippen molar-refractivity contribution in [3.63, 3.8) is 0 Å². The number of ether oxygens (including phenoxy) is 1. The van der Waals surface area contributed by atoms with Crippen LogP contribution in [0.15, 0.2) is 23.1 Å². The van der Waals surface area contributed by atoms with E-state index < -0.39 is 0 Å². The van der Waals surface area contributed by atoms with E-state index in [9.17, 15) is 9.59 Å². The number of aryl methyl sites for hydroxylation is 1. The van der Waals surface area contributed by atoms with E-state index in [-0.39, 0.29) is 23.4 Å². The van der Waals surface area contributed by atoms with Crippen molar-refractivity contribution in [1.82, 2.24) is 9.88 Å². The van der Waals surface area contributed by atoms with Gasteiger partial charge in [-0.2, -0.15) is 0 Å². The first-order chi connectivity index (χ1) is 9.11. The summed E-state index contributed by atoms with van der Waals surface area (Å²) >= 11 is 0. The van der Waals surface area contributed by atoms with Gasteiger partial charge < -0.3 is 19.9 Å². The number of rotatable bonds is 4. The first kappa shape index (κ1) is 13.8. The smallest absolute Gasteiger partial charge is 0.250 e. The second-order valence-electron chi connectivity index (χ2n) is 4.66. The summed E-state index contributed by atoms with van der Waals surface area (Å²) in [4.78, 5) is 23.4. The zero-order valence-electron chi connectivity index (χ0n) is 11.2. The summed E-state index contributed by atoms with van der Waals surface area (Å²) in [6.07, 6.45) is 1.61. The van der Waals surface area contributed by atoms with Gasteiger partial charge in [0.1, 0.15) is 0 Å². The highest BCUT2D eigenvalue weighted by Gasteiger charge is 2.33. The molecular formula is C13H19N3O3. The number of carbonyl (C=O) groups excluding carboxylic acids is 1. The normalized spacial score (nSPS) is 22.4. The molecule has 1 aromatic rings. The fraction of sp³-hybridized carbons (Fsp3) is 0.538. The molecule has 6 heteroatoms. The number of anilines is 1. The van der Waals surface area contributed by atoms with Crippen LogP contribution in [0.5, 0.6) is 0 Å². The highest BCUT2D eigenvalue weighted by Crippen LogP contribution is 2.16. The summed E-state index contributed by atoms with van der Waals surface area (Å²) in [5, 5.41) is 6.06. The van der Waals surface area contributed by atoms with Gasteiger partial charge in [-0.25, -0.2) is 0 Å². The van der Waals surface area contributed by atoms with Crippen LogP contribution in [-0.4, -0.2) is 36.3 Å². The predicted molar refractivity (Wildman–Crippen MR) is 72.1 cm³/mol. The Bertz CT molecular complexity index is 512. The van der Waals surface area contributed by atoms with Crippen LogP contribution < -0.4 is 16.2 Å². The van der Waals surface area contributed by atoms with Crippen molar-refractivity contribution in [1.29, 1.82) is 0 Å². The molecule has 0 saturated carbocycles. The monoisotopic (exact) mass is 265 g/mol. The molecule has 1 aliphatic heterocycles. The highest BCUT2D eigenvalue weighted by molar-refractivity contribution is 5.93. The van der Waals surface area contributed by atoms with Crippen LogP contribution in [0.2, 0.25) is 0 Å². The second kappa shape index (κ2) is 5.99. The quantitative estimate of drug-likeness (QED) is 0.800. The van der Waals surface area contributed by atoms with Crippen molar-refractivity contribution >= 4 is 11.6 Å². The molecule has 0 aliphatic carbocycles. The molecule has 2 heterocycles. The maximum atomic E-state index is 12.2. The zero-order valence-corrected chi connectivity index (χ0v) is 11.2. The number of pyridine rings is 1. The Morgan fingerprint density at radius 2 is 2.26 bits per heavy atom. The van der Waals surface area contributed by atoms with Crippen LogP contribution in [0.25, 0.3) is 0 Å². The van der Waals surface area contributed by atoms with Gasteiger partial charge in [-0.3, -0.25) is 9.59 Å². The molecule has 0 bridgehead atoms. The number of carbonyl (C=O) groups is 1.